The molecular formula is C44H76NO9P. The van der Waals surface area contributed by atoms with Crippen molar-refractivity contribution in [2.75, 3.05) is 26.4 Å². The van der Waals surface area contributed by atoms with Gasteiger partial charge in [-0.15, -0.1) is 0 Å². The van der Waals surface area contributed by atoms with Gasteiger partial charge in [0, 0.05) is 13.0 Å². The second kappa shape index (κ2) is 39.6. The minimum absolute atomic E-state index is 0.00740. The zero-order valence-corrected chi connectivity index (χ0v) is 35.1. The number of carbonyl (C=O) groups is 2. The normalized spacial score (nSPS) is 14.7. The molecule has 0 aliphatic carbocycles. The number of phosphoric ester groups is 1. The average Bonchev–Trinajstić information content (AvgIpc) is 3.16. The Morgan fingerprint density at radius 3 is 1.60 bits per heavy atom. The predicted octanol–water partition coefficient (Wildman–Crippen LogP) is 11.4. The van der Waals surface area contributed by atoms with Crippen molar-refractivity contribution in [3.63, 3.8) is 0 Å². The van der Waals surface area contributed by atoms with Gasteiger partial charge in [0.15, 0.2) is 0 Å². The van der Waals surface area contributed by atoms with Crippen molar-refractivity contribution < 1.29 is 42.7 Å². The molecule has 0 aliphatic rings. The molecule has 0 radical (unpaired) electrons. The molecule has 0 amide bonds. The summed E-state index contributed by atoms with van der Waals surface area (Å²) in [4.78, 5) is 33.5. The van der Waals surface area contributed by atoms with Crippen LogP contribution in [0, 0.1) is 0 Å². The van der Waals surface area contributed by atoms with Gasteiger partial charge >= 0.3 is 19.8 Å². The van der Waals surface area contributed by atoms with Crippen LogP contribution in [0.2, 0.25) is 0 Å². The number of phosphoric acid groups is 1. The third-order valence-electron chi connectivity index (χ3n) is 8.47. The molecule has 0 heterocycles. The van der Waals surface area contributed by atoms with Crippen LogP contribution in [0.4, 0.5) is 0 Å². The fourth-order valence-corrected chi connectivity index (χ4v) is 5.99. The summed E-state index contributed by atoms with van der Waals surface area (Å²) in [6.45, 7) is 3.66. The monoisotopic (exact) mass is 794 g/mol. The number of hydrogen-bond acceptors (Lipinski definition) is 8. The number of allylic oxidation sites excluding steroid dienone is 12. The second-order valence-electron chi connectivity index (χ2n) is 13.7. The minimum atomic E-state index is -4.63. The van der Waals surface area contributed by atoms with Crippen molar-refractivity contribution >= 4 is 19.8 Å². The first-order valence-electron chi connectivity index (χ1n) is 21.0. The van der Waals surface area contributed by atoms with Gasteiger partial charge in [0.25, 0.3) is 0 Å². The van der Waals surface area contributed by atoms with Crippen molar-refractivity contribution in [3.05, 3.63) is 72.9 Å². The number of ether oxygens (including phenoxy) is 2. The summed E-state index contributed by atoms with van der Waals surface area (Å²) >= 11 is 0. The Balaban J connectivity index is 4.33. The van der Waals surface area contributed by atoms with Gasteiger partial charge < -0.3 is 25.2 Å². The van der Waals surface area contributed by atoms with Gasteiger partial charge in [-0.25, -0.2) is 4.57 Å². The molecule has 0 saturated heterocycles. The summed E-state index contributed by atoms with van der Waals surface area (Å²) in [5.74, 6) is -1.81. The highest BCUT2D eigenvalue weighted by molar-refractivity contribution is 7.47. The molecule has 316 valence electrons. The molecule has 55 heavy (non-hydrogen) atoms. The smallest absolute Gasteiger partial charge is 0.472 e. The first kappa shape index (κ1) is 52.4. The fourth-order valence-electron chi connectivity index (χ4n) is 5.21. The quantitative estimate of drug-likeness (QED) is 0.0237. The number of rotatable bonds is 39. The summed E-state index contributed by atoms with van der Waals surface area (Å²) in [7, 11) is -4.63. The first-order valence-corrected chi connectivity index (χ1v) is 22.5. The number of esters is 1. The maximum Gasteiger partial charge on any atom is 0.472 e. The summed E-state index contributed by atoms with van der Waals surface area (Å²) in [6.07, 6.45) is 48.1. The van der Waals surface area contributed by atoms with Gasteiger partial charge in [0.05, 0.1) is 19.8 Å². The molecule has 0 aliphatic heterocycles. The van der Waals surface area contributed by atoms with Crippen LogP contribution >= 0.6 is 7.82 Å². The number of nitrogens with two attached hydrogens (primary N) is 1. The molecule has 0 aromatic carbocycles. The third-order valence-corrected chi connectivity index (χ3v) is 9.42. The molecule has 0 bridgehead atoms. The predicted molar refractivity (Wildman–Crippen MR) is 226 cm³/mol. The largest absolute Gasteiger partial charge is 0.480 e. The van der Waals surface area contributed by atoms with E-state index in [0.29, 0.717) is 13.0 Å². The third kappa shape index (κ3) is 39.4. The van der Waals surface area contributed by atoms with Crippen LogP contribution in [0.25, 0.3) is 0 Å². The Labute approximate surface area is 334 Å². The molecule has 0 saturated carbocycles. The van der Waals surface area contributed by atoms with E-state index in [1.807, 2.05) is 0 Å². The number of carboxylic acids is 1. The van der Waals surface area contributed by atoms with Crippen molar-refractivity contribution in [2.24, 2.45) is 5.73 Å². The van der Waals surface area contributed by atoms with E-state index in [-0.39, 0.29) is 13.0 Å². The van der Waals surface area contributed by atoms with Gasteiger partial charge in [-0.05, 0) is 83.5 Å². The number of carboxylic acid groups (broad SMARTS) is 1. The summed E-state index contributed by atoms with van der Waals surface area (Å²) in [5, 5.41) is 8.88. The van der Waals surface area contributed by atoms with Crippen LogP contribution in [0.3, 0.4) is 0 Å². The van der Waals surface area contributed by atoms with E-state index in [9.17, 15) is 19.0 Å². The van der Waals surface area contributed by atoms with Crippen LogP contribution in [-0.4, -0.2) is 60.5 Å². The van der Waals surface area contributed by atoms with Crippen molar-refractivity contribution in [1.29, 1.82) is 0 Å². The molecule has 3 unspecified atom stereocenters. The summed E-state index contributed by atoms with van der Waals surface area (Å²) in [6, 6.07) is -1.48. The van der Waals surface area contributed by atoms with Crippen molar-refractivity contribution in [1.82, 2.24) is 0 Å². The van der Waals surface area contributed by atoms with Crippen LogP contribution in [0.5, 0.6) is 0 Å². The molecule has 10 nitrogen and oxygen atoms in total. The highest BCUT2D eigenvalue weighted by atomic mass is 31.2. The van der Waals surface area contributed by atoms with E-state index in [1.54, 1.807) is 0 Å². The first-order chi connectivity index (χ1) is 26.7. The lowest BCUT2D eigenvalue weighted by Gasteiger charge is -2.20. The number of hydrogen-bond donors (Lipinski definition) is 3. The summed E-state index contributed by atoms with van der Waals surface area (Å²) in [5.41, 5.74) is 5.35. The Morgan fingerprint density at radius 1 is 0.600 bits per heavy atom. The van der Waals surface area contributed by atoms with E-state index in [1.165, 1.54) is 25.7 Å². The van der Waals surface area contributed by atoms with Gasteiger partial charge in [-0.2, -0.15) is 0 Å². The molecular weight excluding hydrogens is 717 g/mol. The zero-order valence-electron chi connectivity index (χ0n) is 34.2. The van der Waals surface area contributed by atoms with Gasteiger partial charge in [-0.3, -0.25) is 18.6 Å². The van der Waals surface area contributed by atoms with Gasteiger partial charge in [0.2, 0.25) is 0 Å². The van der Waals surface area contributed by atoms with E-state index < -0.39 is 45.1 Å². The van der Waals surface area contributed by atoms with E-state index >= 15 is 0 Å². The average molecular weight is 794 g/mol. The van der Waals surface area contributed by atoms with E-state index in [0.717, 1.165) is 103 Å². The molecule has 3 atom stereocenters. The molecule has 0 fully saturated rings. The topological polar surface area (TPSA) is 155 Å². The second-order valence-corrected chi connectivity index (χ2v) is 15.2. The fraction of sp³-hybridized carbons (Fsp3) is 0.682. The number of unbranched alkanes of at least 4 members (excludes halogenated alkanes) is 13. The molecule has 0 spiro atoms. The molecule has 0 aromatic heterocycles. The number of aliphatic carboxylic acids is 1. The number of carbonyl (C=O) groups excluding carboxylic acids is 1. The minimum Gasteiger partial charge on any atom is -0.480 e. The van der Waals surface area contributed by atoms with Gasteiger partial charge in [0.1, 0.15) is 12.1 Å². The Morgan fingerprint density at radius 2 is 1.05 bits per heavy atom. The highest BCUT2D eigenvalue weighted by Gasteiger charge is 2.27. The lowest BCUT2D eigenvalue weighted by atomic mass is 10.1. The lowest BCUT2D eigenvalue weighted by molar-refractivity contribution is -0.154. The lowest BCUT2D eigenvalue weighted by Crippen LogP contribution is -2.34. The zero-order chi connectivity index (χ0) is 40.5. The standard InChI is InChI=1S/C44H76NO9P/c1-3-5-7-9-11-13-15-17-18-19-20-21-22-23-25-27-29-31-33-35-37-51-38-41(39-52-55(49,50)53-40-42(45)44(47)48)54-43(46)36-34-32-30-28-26-24-16-14-12-10-8-6-4-2/h5,7,11,13-14,16-18,20-21,23,25,41-42H,3-4,6,8-10,12,15,19,22,24,26-40,45H2,1-2H3,(H,47,48)(H,49,50)/b7-5-,13-11-,16-14-,18-17-,21-20-,25-23-. The van der Waals surface area contributed by atoms with E-state index in [4.69, 9.17) is 29.4 Å². The van der Waals surface area contributed by atoms with Gasteiger partial charge in [-0.1, -0.05) is 138 Å². The molecule has 4 N–H and O–H groups in total. The van der Waals surface area contributed by atoms with Crippen LogP contribution < -0.4 is 5.73 Å². The molecule has 0 aromatic rings. The SMILES string of the molecule is CC/C=C\C/C=C\C/C=C\C/C=C\C/C=C\CCCCCCOCC(COP(=O)(O)OCC(N)C(=O)O)OC(=O)CCCCCCC/C=C\CCCCCC. The Hall–Kier alpha value is -2.59. The molecule has 0 rings (SSSR count). The Bertz CT molecular complexity index is 1150. The highest BCUT2D eigenvalue weighted by Crippen LogP contribution is 2.43. The van der Waals surface area contributed by atoms with Crippen molar-refractivity contribution in [2.45, 2.75) is 167 Å². The Kier molecular flexibility index (Phi) is 37.8. The van der Waals surface area contributed by atoms with Crippen molar-refractivity contribution in [3.8, 4) is 0 Å². The molecule has 11 heteroatoms. The summed E-state index contributed by atoms with van der Waals surface area (Å²) < 4.78 is 33.3. The van der Waals surface area contributed by atoms with Crippen LogP contribution in [0.1, 0.15) is 155 Å². The van der Waals surface area contributed by atoms with Crippen LogP contribution in [0.15, 0.2) is 72.9 Å². The van der Waals surface area contributed by atoms with E-state index in [2.05, 4.69) is 86.8 Å². The maximum absolute atomic E-state index is 12.6. The van der Waals surface area contributed by atoms with Crippen LogP contribution in [-0.2, 0) is 32.7 Å². The maximum atomic E-state index is 12.6.